The zero-order valence-electron chi connectivity index (χ0n) is 18.9. The van der Waals surface area contributed by atoms with Crippen molar-refractivity contribution in [2.24, 2.45) is 0 Å². The first-order valence-corrected chi connectivity index (χ1v) is 12.8. The molecule has 4 aromatic rings. The number of morpholine rings is 1. The standard InChI is InChI=1S/C27H20ClN3O4S/c28-21-13-19-15-5-1-2-6-16(15)23(17-7-3-4-8-18(17)26(19)36-21)31-22-14-35-12-11-29(22)27(34)24-25(33)20(32)9-10-30(24)31/h1-10,13,22-23,33H,11-12,14H2/t22-,23?/m1/s1. The molecular formula is C27H20ClN3O4S. The van der Waals surface area contributed by atoms with Gasteiger partial charge in [-0.15, -0.1) is 11.3 Å². The van der Waals surface area contributed by atoms with E-state index in [1.807, 2.05) is 30.3 Å². The van der Waals surface area contributed by atoms with Crippen LogP contribution in [-0.4, -0.2) is 46.5 Å². The topological polar surface area (TPSA) is 75.0 Å². The number of benzene rings is 2. The van der Waals surface area contributed by atoms with Crippen LogP contribution in [0, 0.1) is 0 Å². The first-order chi connectivity index (χ1) is 17.5. The summed E-state index contributed by atoms with van der Waals surface area (Å²) in [5, 5.41) is 12.8. The Morgan fingerprint density at radius 1 is 0.972 bits per heavy atom. The van der Waals surface area contributed by atoms with E-state index in [-0.39, 0.29) is 17.6 Å². The summed E-state index contributed by atoms with van der Waals surface area (Å²) in [4.78, 5) is 28.7. The minimum absolute atomic E-state index is 0.0299. The second kappa shape index (κ2) is 7.96. The van der Waals surface area contributed by atoms with Gasteiger partial charge in [0.15, 0.2) is 11.4 Å². The maximum atomic E-state index is 13.5. The molecular weight excluding hydrogens is 498 g/mol. The van der Waals surface area contributed by atoms with Gasteiger partial charge in [0.05, 0.1) is 23.6 Å². The summed E-state index contributed by atoms with van der Waals surface area (Å²) >= 11 is 8.06. The van der Waals surface area contributed by atoms with Gasteiger partial charge in [0, 0.05) is 29.2 Å². The highest BCUT2D eigenvalue weighted by Gasteiger charge is 2.46. The third kappa shape index (κ3) is 2.95. The minimum Gasteiger partial charge on any atom is -0.502 e. The van der Waals surface area contributed by atoms with Crippen LogP contribution in [0.3, 0.4) is 0 Å². The molecule has 9 heteroatoms. The largest absolute Gasteiger partial charge is 0.502 e. The van der Waals surface area contributed by atoms with Crippen molar-refractivity contribution < 1.29 is 14.6 Å². The van der Waals surface area contributed by atoms with Crippen LogP contribution in [0.2, 0.25) is 4.34 Å². The van der Waals surface area contributed by atoms with Crippen LogP contribution in [0.25, 0.3) is 21.6 Å². The molecule has 2 aliphatic heterocycles. The number of halogens is 1. The maximum absolute atomic E-state index is 13.5. The average Bonchev–Trinajstić information content (AvgIpc) is 3.25. The van der Waals surface area contributed by atoms with E-state index in [2.05, 4.69) is 29.3 Å². The van der Waals surface area contributed by atoms with Gasteiger partial charge < -0.3 is 14.7 Å². The monoisotopic (exact) mass is 517 g/mol. The summed E-state index contributed by atoms with van der Waals surface area (Å²) in [5.41, 5.74) is 4.61. The van der Waals surface area contributed by atoms with Gasteiger partial charge in [-0.2, -0.15) is 0 Å². The average molecular weight is 518 g/mol. The molecule has 3 aliphatic rings. The molecule has 1 amide bonds. The quantitative estimate of drug-likeness (QED) is 0.403. The van der Waals surface area contributed by atoms with Crippen molar-refractivity contribution in [2.75, 3.05) is 24.8 Å². The third-order valence-corrected chi connectivity index (χ3v) is 8.48. The van der Waals surface area contributed by atoms with Gasteiger partial charge in [0.1, 0.15) is 6.17 Å². The van der Waals surface area contributed by atoms with E-state index in [9.17, 15) is 14.7 Å². The second-order valence-electron chi connectivity index (χ2n) is 9.03. The van der Waals surface area contributed by atoms with Gasteiger partial charge in [-0.3, -0.25) is 19.3 Å². The number of hydrogen-bond acceptors (Lipinski definition) is 6. The highest BCUT2D eigenvalue weighted by atomic mass is 35.5. The molecule has 2 atom stereocenters. The fraction of sp³-hybridized carbons (Fsp3) is 0.185. The number of pyridine rings is 1. The van der Waals surface area contributed by atoms with Crippen molar-refractivity contribution in [2.45, 2.75) is 12.2 Å². The van der Waals surface area contributed by atoms with Gasteiger partial charge in [0.25, 0.3) is 5.91 Å². The Hall–Kier alpha value is -3.59. The molecule has 1 unspecified atom stereocenters. The number of aromatic nitrogens is 1. The van der Waals surface area contributed by atoms with Crippen molar-refractivity contribution in [1.82, 2.24) is 9.58 Å². The van der Waals surface area contributed by atoms with E-state index in [0.29, 0.717) is 24.1 Å². The van der Waals surface area contributed by atoms with Crippen molar-refractivity contribution in [3.8, 4) is 27.3 Å². The van der Waals surface area contributed by atoms with Crippen LogP contribution in [0.5, 0.6) is 5.75 Å². The molecule has 7 rings (SSSR count). The molecule has 36 heavy (non-hydrogen) atoms. The number of thiophene rings is 1. The zero-order chi connectivity index (χ0) is 24.6. The Morgan fingerprint density at radius 3 is 2.50 bits per heavy atom. The molecule has 1 fully saturated rings. The lowest BCUT2D eigenvalue weighted by molar-refractivity contribution is -0.0196. The lowest BCUT2D eigenvalue weighted by Crippen LogP contribution is -2.66. The molecule has 0 spiro atoms. The van der Waals surface area contributed by atoms with E-state index in [0.717, 1.165) is 32.7 Å². The van der Waals surface area contributed by atoms with Crippen LogP contribution in [0.1, 0.15) is 27.7 Å². The fourth-order valence-corrected chi connectivity index (χ4v) is 6.96. The molecule has 0 bridgehead atoms. The highest BCUT2D eigenvalue weighted by molar-refractivity contribution is 7.20. The summed E-state index contributed by atoms with van der Waals surface area (Å²) < 4.78 is 8.21. The summed E-state index contributed by atoms with van der Waals surface area (Å²) in [6.45, 7) is 1.05. The van der Waals surface area contributed by atoms with Crippen molar-refractivity contribution in [3.05, 3.63) is 98.2 Å². The molecule has 7 nitrogen and oxygen atoms in total. The van der Waals surface area contributed by atoms with Gasteiger partial charge in [-0.05, 0) is 28.3 Å². The normalized spacial score (nSPS) is 20.1. The zero-order valence-corrected chi connectivity index (χ0v) is 20.5. The number of carbonyl (C=O) groups is 1. The van der Waals surface area contributed by atoms with Crippen LogP contribution in [0.15, 0.2) is 71.7 Å². The lowest BCUT2D eigenvalue weighted by atomic mass is 9.92. The number of ether oxygens (including phenoxy) is 1. The molecule has 0 radical (unpaired) electrons. The molecule has 4 heterocycles. The van der Waals surface area contributed by atoms with Crippen LogP contribution in [-0.2, 0) is 4.74 Å². The SMILES string of the molecule is O=C1c2c(O)c(=O)ccn2N(C2c3ccccc3-c3cc(Cl)sc3-c3ccccc32)[C@@H]2COCCN12. The predicted molar refractivity (Wildman–Crippen MR) is 138 cm³/mol. The Balaban J connectivity index is 1.57. The summed E-state index contributed by atoms with van der Waals surface area (Å²) in [5.74, 6) is -0.922. The predicted octanol–water partition coefficient (Wildman–Crippen LogP) is 4.46. The first-order valence-electron chi connectivity index (χ1n) is 11.6. The summed E-state index contributed by atoms with van der Waals surface area (Å²) in [7, 11) is 0. The number of aromatic hydroxyl groups is 1. The molecule has 180 valence electrons. The van der Waals surface area contributed by atoms with Gasteiger partial charge in [-0.25, -0.2) is 0 Å². The number of fused-ring (bicyclic) bond motifs is 7. The third-order valence-electron chi connectivity index (χ3n) is 7.19. The highest BCUT2D eigenvalue weighted by Crippen LogP contribution is 2.51. The van der Waals surface area contributed by atoms with Crippen LogP contribution >= 0.6 is 22.9 Å². The van der Waals surface area contributed by atoms with Crippen molar-refractivity contribution >= 4 is 28.8 Å². The fourth-order valence-electron chi connectivity index (χ4n) is 5.67. The Morgan fingerprint density at radius 2 is 1.69 bits per heavy atom. The summed E-state index contributed by atoms with van der Waals surface area (Å²) in [6, 6.07) is 19.3. The number of amides is 1. The summed E-state index contributed by atoms with van der Waals surface area (Å²) in [6.07, 6.45) is 1.13. The smallest absolute Gasteiger partial charge is 0.278 e. The van der Waals surface area contributed by atoms with E-state index >= 15 is 0 Å². The van der Waals surface area contributed by atoms with Gasteiger partial charge in [0.2, 0.25) is 5.43 Å². The van der Waals surface area contributed by atoms with Crippen molar-refractivity contribution in [1.29, 1.82) is 0 Å². The molecule has 1 aliphatic carbocycles. The van der Waals surface area contributed by atoms with E-state index in [1.165, 1.54) is 6.07 Å². The lowest BCUT2D eigenvalue weighted by Gasteiger charge is -2.51. The van der Waals surface area contributed by atoms with Crippen molar-refractivity contribution in [3.63, 3.8) is 0 Å². The number of nitrogens with zero attached hydrogens (tertiary/aromatic N) is 3. The van der Waals surface area contributed by atoms with Crippen LogP contribution in [0.4, 0.5) is 0 Å². The van der Waals surface area contributed by atoms with Gasteiger partial charge >= 0.3 is 0 Å². The molecule has 2 aromatic carbocycles. The van der Waals surface area contributed by atoms with E-state index < -0.39 is 17.3 Å². The molecule has 0 saturated carbocycles. The molecule has 1 N–H and O–H groups in total. The Kier molecular flexibility index (Phi) is 4.79. The molecule has 1 saturated heterocycles. The van der Waals surface area contributed by atoms with E-state index in [4.69, 9.17) is 16.3 Å². The van der Waals surface area contributed by atoms with Crippen LogP contribution < -0.4 is 10.4 Å². The molecule has 2 aromatic heterocycles. The van der Waals surface area contributed by atoms with E-state index in [1.54, 1.807) is 27.1 Å². The number of hydrogen-bond donors (Lipinski definition) is 1. The van der Waals surface area contributed by atoms with Gasteiger partial charge in [-0.1, -0.05) is 60.1 Å². The maximum Gasteiger partial charge on any atom is 0.278 e. The first kappa shape index (κ1) is 21.7. The second-order valence-corrected chi connectivity index (χ2v) is 10.7. The number of carbonyl (C=O) groups excluding carboxylic acids is 1. The number of rotatable bonds is 1. The Labute approximate surface area is 215 Å². The Bertz CT molecular complexity index is 1550. The minimum atomic E-state index is -0.584.